The summed E-state index contributed by atoms with van der Waals surface area (Å²) < 4.78 is 87.1. The van der Waals surface area contributed by atoms with E-state index in [0.717, 1.165) is 61.3 Å². The summed E-state index contributed by atoms with van der Waals surface area (Å²) in [6.45, 7) is 1.50. The number of hydrogen-bond acceptors (Lipinski definition) is 4. The maximum Gasteiger partial charge on any atom is 0.416 e. The lowest BCUT2D eigenvalue weighted by atomic mass is 10.1. The van der Waals surface area contributed by atoms with Crippen molar-refractivity contribution in [3.63, 3.8) is 0 Å². The summed E-state index contributed by atoms with van der Waals surface area (Å²) in [7, 11) is 3.69. The Labute approximate surface area is 254 Å². The van der Waals surface area contributed by atoms with Crippen LogP contribution in [0.2, 0.25) is 0 Å². The van der Waals surface area contributed by atoms with Crippen molar-refractivity contribution >= 4 is 0 Å². The number of halogens is 6. The van der Waals surface area contributed by atoms with Gasteiger partial charge >= 0.3 is 12.4 Å². The first kappa shape index (κ1) is 34.5. The van der Waals surface area contributed by atoms with Crippen LogP contribution in [-0.2, 0) is 12.4 Å². The van der Waals surface area contributed by atoms with Gasteiger partial charge in [0.25, 0.3) is 0 Å². The topological polar surface area (TPSA) is 42.5 Å². The number of hydrogen-bond donors (Lipinski definition) is 2. The van der Waals surface area contributed by atoms with E-state index in [-0.39, 0.29) is 12.2 Å². The maximum absolute atomic E-state index is 12.6. The third kappa shape index (κ3) is 11.2. The summed E-state index contributed by atoms with van der Waals surface area (Å²) in [4.78, 5) is 0. The first-order chi connectivity index (χ1) is 21.0. The zero-order valence-electron chi connectivity index (χ0n) is 24.5. The Morgan fingerprint density at radius 3 is 1.09 bits per heavy atom. The zero-order valence-corrected chi connectivity index (χ0v) is 24.5. The van der Waals surface area contributed by atoms with Crippen LogP contribution in [0.25, 0.3) is 0 Å². The fourth-order valence-corrected chi connectivity index (χ4v) is 4.25. The number of rotatable bonds is 12. The average Bonchev–Trinajstić information content (AvgIpc) is 3.02. The van der Waals surface area contributed by atoms with E-state index in [0.29, 0.717) is 11.5 Å². The molecular weight excluding hydrogens is 582 g/mol. The molecule has 0 aliphatic carbocycles. The Kier molecular flexibility index (Phi) is 13.1. The van der Waals surface area contributed by atoms with E-state index in [4.69, 9.17) is 9.47 Å². The predicted molar refractivity (Wildman–Crippen MR) is 160 cm³/mol. The quantitative estimate of drug-likeness (QED) is 0.156. The SMILES string of the molecule is CNCCC(Oc1ccc(C(F)(F)F)cc1)c1ccccc1.CNCCC(Oc1ccc(C(F)(F)F)cc1)c1ccccc1. The van der Waals surface area contributed by atoms with Gasteiger partial charge in [0.05, 0.1) is 11.1 Å². The van der Waals surface area contributed by atoms with E-state index >= 15 is 0 Å². The van der Waals surface area contributed by atoms with Gasteiger partial charge in [-0.05, 0) is 86.8 Å². The van der Waals surface area contributed by atoms with Crippen molar-refractivity contribution in [3.05, 3.63) is 131 Å². The molecule has 4 rings (SSSR count). The van der Waals surface area contributed by atoms with Crippen LogP contribution in [0.15, 0.2) is 109 Å². The molecule has 0 spiro atoms. The van der Waals surface area contributed by atoms with Gasteiger partial charge in [0.15, 0.2) is 0 Å². The minimum atomic E-state index is -4.33. The van der Waals surface area contributed by atoms with E-state index in [1.807, 2.05) is 74.8 Å². The van der Waals surface area contributed by atoms with Gasteiger partial charge in [0.2, 0.25) is 0 Å². The largest absolute Gasteiger partial charge is 0.486 e. The van der Waals surface area contributed by atoms with Crippen LogP contribution >= 0.6 is 0 Å². The van der Waals surface area contributed by atoms with Crippen molar-refractivity contribution in [2.24, 2.45) is 0 Å². The summed E-state index contributed by atoms with van der Waals surface area (Å²) in [5.41, 5.74) is 0.646. The number of alkyl halides is 6. The average molecular weight is 619 g/mol. The molecule has 0 radical (unpaired) electrons. The summed E-state index contributed by atoms with van der Waals surface area (Å²) >= 11 is 0. The van der Waals surface area contributed by atoms with Crippen LogP contribution < -0.4 is 20.1 Å². The molecule has 0 aromatic heterocycles. The predicted octanol–water partition coefficient (Wildman–Crippen LogP) is 8.87. The highest BCUT2D eigenvalue weighted by Gasteiger charge is 2.31. The van der Waals surface area contributed by atoms with Crippen molar-refractivity contribution in [2.45, 2.75) is 37.4 Å². The second-order valence-corrected chi connectivity index (χ2v) is 9.86. The summed E-state index contributed by atoms with van der Waals surface area (Å²) in [6, 6.07) is 28.9. The standard InChI is InChI=1S/2C17H18F3NO/c2*1-21-12-11-16(13-5-3-2-4-6-13)22-15-9-7-14(8-10-15)17(18,19)20/h2*2-10,16,21H,11-12H2,1H3. The highest BCUT2D eigenvalue weighted by molar-refractivity contribution is 5.31. The zero-order chi connectivity index (χ0) is 32.0. The van der Waals surface area contributed by atoms with Gasteiger partial charge in [-0.2, -0.15) is 26.3 Å². The molecule has 2 atom stereocenters. The van der Waals surface area contributed by atoms with E-state index in [1.165, 1.54) is 24.3 Å². The van der Waals surface area contributed by atoms with Crippen LogP contribution in [-0.4, -0.2) is 27.2 Å². The minimum absolute atomic E-state index is 0.203. The summed E-state index contributed by atoms with van der Waals surface area (Å²) in [5.74, 6) is 0.857. The second kappa shape index (κ2) is 16.7. The minimum Gasteiger partial charge on any atom is -0.486 e. The molecule has 236 valence electrons. The summed E-state index contributed by atoms with van der Waals surface area (Å²) in [6.07, 6.45) is -7.62. The number of ether oxygens (including phenoxy) is 2. The molecule has 0 heterocycles. The molecule has 2 unspecified atom stereocenters. The van der Waals surface area contributed by atoms with Gasteiger partial charge in [-0.15, -0.1) is 0 Å². The lowest BCUT2D eigenvalue weighted by molar-refractivity contribution is -0.138. The number of benzene rings is 4. The van der Waals surface area contributed by atoms with Gasteiger partial charge in [0.1, 0.15) is 23.7 Å². The monoisotopic (exact) mass is 618 g/mol. The molecule has 0 amide bonds. The molecule has 2 N–H and O–H groups in total. The van der Waals surface area contributed by atoms with Crippen molar-refractivity contribution in [3.8, 4) is 11.5 Å². The van der Waals surface area contributed by atoms with Crippen LogP contribution in [0, 0.1) is 0 Å². The molecule has 0 fully saturated rings. The molecular formula is C34H36F6N2O2. The first-order valence-corrected chi connectivity index (χ1v) is 14.1. The fraction of sp³-hybridized carbons (Fsp3) is 0.294. The first-order valence-electron chi connectivity index (χ1n) is 14.1. The normalized spacial score (nSPS) is 12.9. The Morgan fingerprint density at radius 2 is 0.818 bits per heavy atom. The highest BCUT2D eigenvalue weighted by atomic mass is 19.4. The third-order valence-electron chi connectivity index (χ3n) is 6.58. The number of nitrogens with one attached hydrogen (secondary N) is 2. The Hall–Kier alpha value is -4.02. The molecule has 44 heavy (non-hydrogen) atoms. The van der Waals surface area contributed by atoms with Crippen molar-refractivity contribution in [1.82, 2.24) is 10.6 Å². The van der Waals surface area contributed by atoms with Crippen LogP contribution in [0.1, 0.15) is 47.3 Å². The summed E-state index contributed by atoms with van der Waals surface area (Å²) in [5, 5.41) is 6.11. The van der Waals surface area contributed by atoms with Gasteiger partial charge in [-0.3, -0.25) is 0 Å². The second-order valence-electron chi connectivity index (χ2n) is 9.86. The highest BCUT2D eigenvalue weighted by Crippen LogP contribution is 2.33. The van der Waals surface area contributed by atoms with E-state index in [9.17, 15) is 26.3 Å². The fourth-order valence-electron chi connectivity index (χ4n) is 4.25. The molecule has 4 aromatic carbocycles. The molecule has 0 bridgehead atoms. The lowest BCUT2D eigenvalue weighted by Crippen LogP contribution is -2.16. The Morgan fingerprint density at radius 1 is 0.500 bits per heavy atom. The van der Waals surface area contributed by atoms with Gasteiger partial charge in [0, 0.05) is 12.8 Å². The van der Waals surface area contributed by atoms with Crippen molar-refractivity contribution in [1.29, 1.82) is 0 Å². The lowest BCUT2D eigenvalue weighted by Gasteiger charge is -2.20. The molecule has 10 heteroatoms. The molecule has 0 saturated heterocycles. The van der Waals surface area contributed by atoms with Gasteiger partial charge in [-0.25, -0.2) is 0 Å². The molecule has 4 aromatic rings. The third-order valence-corrected chi connectivity index (χ3v) is 6.58. The maximum atomic E-state index is 12.6. The van der Waals surface area contributed by atoms with Crippen LogP contribution in [0.4, 0.5) is 26.3 Å². The van der Waals surface area contributed by atoms with E-state index in [2.05, 4.69) is 10.6 Å². The van der Waals surface area contributed by atoms with Crippen LogP contribution in [0.3, 0.4) is 0 Å². The van der Waals surface area contributed by atoms with Crippen molar-refractivity contribution in [2.75, 3.05) is 27.2 Å². The van der Waals surface area contributed by atoms with Crippen LogP contribution in [0.5, 0.6) is 11.5 Å². The molecule has 0 aliphatic rings. The smallest absolute Gasteiger partial charge is 0.416 e. The molecule has 4 nitrogen and oxygen atoms in total. The van der Waals surface area contributed by atoms with Gasteiger partial charge in [-0.1, -0.05) is 60.7 Å². The molecule has 0 saturated carbocycles. The van der Waals surface area contributed by atoms with Gasteiger partial charge < -0.3 is 20.1 Å². The Balaban J connectivity index is 0.000000240. The Bertz CT molecular complexity index is 1240. The van der Waals surface area contributed by atoms with E-state index < -0.39 is 23.5 Å². The van der Waals surface area contributed by atoms with E-state index in [1.54, 1.807) is 0 Å². The van der Waals surface area contributed by atoms with Crippen molar-refractivity contribution < 1.29 is 35.8 Å². The molecule has 0 aliphatic heterocycles.